The molecule has 4 nitrogen and oxygen atoms in total. The molecule has 30 heavy (non-hydrogen) atoms. The smallest absolute Gasteiger partial charge is 0.418 e. The third kappa shape index (κ3) is 5.34. The first-order chi connectivity index (χ1) is 14.0. The first kappa shape index (κ1) is 23.3. The summed E-state index contributed by atoms with van der Waals surface area (Å²) in [7, 11) is 1.66. The minimum Gasteiger partial charge on any atom is -0.457 e. The lowest BCUT2D eigenvalue weighted by molar-refractivity contribution is -0.137. The summed E-state index contributed by atoms with van der Waals surface area (Å²) in [6.07, 6.45) is -3.50. The lowest BCUT2D eigenvalue weighted by Crippen LogP contribution is -2.15. The average Bonchev–Trinajstić information content (AvgIpc) is 2.68. The molecule has 0 aliphatic rings. The van der Waals surface area contributed by atoms with E-state index in [1.54, 1.807) is 11.9 Å². The highest BCUT2D eigenvalue weighted by molar-refractivity contribution is 5.92. The Balaban J connectivity index is 2.33. The van der Waals surface area contributed by atoms with Crippen LogP contribution in [0.5, 0.6) is 0 Å². The average molecular weight is 428 g/mol. The van der Waals surface area contributed by atoms with Crippen molar-refractivity contribution in [3.05, 3.63) is 63.7 Å². The van der Waals surface area contributed by atoms with Crippen LogP contribution in [0, 0.1) is 25.5 Å². The van der Waals surface area contributed by atoms with Crippen molar-refractivity contribution < 1.29 is 31.5 Å². The van der Waals surface area contributed by atoms with Gasteiger partial charge in [0.25, 0.3) is 0 Å². The molecular weight excluding hydrogens is 407 g/mol. The predicted molar refractivity (Wildman–Crippen MR) is 103 cm³/mol. The zero-order valence-electron chi connectivity index (χ0n) is 16.9. The molecule has 0 fully saturated rings. The SMILES string of the molecule is CCN(C)C=Nc1cc(C)c(C(=O)OCc2ccc(C)c(F)c2F)cc1C(F)(F)F. The molecule has 0 saturated heterocycles. The molecule has 0 radical (unpaired) electrons. The molecular formula is C21H21F5N2O2. The number of aryl methyl sites for hydroxylation is 2. The third-order valence-electron chi connectivity index (χ3n) is 4.47. The molecule has 0 amide bonds. The molecule has 0 spiro atoms. The van der Waals surface area contributed by atoms with Gasteiger partial charge < -0.3 is 9.64 Å². The van der Waals surface area contributed by atoms with Gasteiger partial charge in [0.2, 0.25) is 0 Å². The van der Waals surface area contributed by atoms with Crippen molar-refractivity contribution in [1.29, 1.82) is 0 Å². The molecule has 0 saturated carbocycles. The Bertz CT molecular complexity index is 971. The quantitative estimate of drug-likeness (QED) is 0.262. The fourth-order valence-corrected chi connectivity index (χ4v) is 2.51. The van der Waals surface area contributed by atoms with Gasteiger partial charge in [0.15, 0.2) is 11.6 Å². The predicted octanol–water partition coefficient (Wildman–Crippen LogP) is 5.57. The fourth-order valence-electron chi connectivity index (χ4n) is 2.51. The normalized spacial score (nSPS) is 11.8. The van der Waals surface area contributed by atoms with E-state index in [-0.39, 0.29) is 27.9 Å². The molecule has 162 valence electrons. The van der Waals surface area contributed by atoms with Crippen molar-refractivity contribution in [3.63, 3.8) is 0 Å². The van der Waals surface area contributed by atoms with Crippen LogP contribution >= 0.6 is 0 Å². The molecule has 0 heterocycles. The van der Waals surface area contributed by atoms with Crippen molar-refractivity contribution in [2.45, 2.75) is 33.6 Å². The summed E-state index contributed by atoms with van der Waals surface area (Å²) in [6.45, 7) is 4.54. The molecule has 2 rings (SSSR count). The summed E-state index contributed by atoms with van der Waals surface area (Å²) < 4.78 is 72.9. The van der Waals surface area contributed by atoms with E-state index in [4.69, 9.17) is 4.74 Å². The standard InChI is InChI=1S/C21H21F5N2O2/c1-5-28(4)11-27-17-8-13(3)15(9-16(17)21(24,25)26)20(29)30-10-14-7-6-12(2)18(22)19(14)23/h6-9,11H,5,10H2,1-4H3. The van der Waals surface area contributed by atoms with Gasteiger partial charge in [0.1, 0.15) is 6.61 Å². The summed E-state index contributed by atoms with van der Waals surface area (Å²) in [5.41, 5.74) is -1.72. The number of hydrogen-bond acceptors (Lipinski definition) is 3. The fraction of sp³-hybridized carbons (Fsp3) is 0.333. The van der Waals surface area contributed by atoms with Gasteiger partial charge in [0, 0.05) is 19.2 Å². The van der Waals surface area contributed by atoms with Crippen molar-refractivity contribution in [1.82, 2.24) is 4.90 Å². The summed E-state index contributed by atoms with van der Waals surface area (Å²) >= 11 is 0. The number of aliphatic imine (C=N–C) groups is 1. The van der Waals surface area contributed by atoms with Gasteiger partial charge in [-0.15, -0.1) is 0 Å². The van der Waals surface area contributed by atoms with Gasteiger partial charge in [-0.3, -0.25) is 0 Å². The van der Waals surface area contributed by atoms with Crippen LogP contribution < -0.4 is 0 Å². The van der Waals surface area contributed by atoms with Gasteiger partial charge in [-0.1, -0.05) is 12.1 Å². The van der Waals surface area contributed by atoms with Crippen molar-refractivity contribution in [3.8, 4) is 0 Å². The Hall–Kier alpha value is -2.97. The molecule has 0 aliphatic carbocycles. The molecule has 2 aromatic carbocycles. The molecule has 0 aromatic heterocycles. The minimum absolute atomic E-state index is 0.0816. The number of rotatable bonds is 6. The summed E-state index contributed by atoms with van der Waals surface area (Å²) in [5.74, 6) is -3.32. The molecule has 0 aliphatic heterocycles. The number of halogens is 5. The molecule has 2 aromatic rings. The van der Waals surface area contributed by atoms with Crippen LogP contribution in [-0.4, -0.2) is 30.8 Å². The number of esters is 1. The minimum atomic E-state index is -4.76. The number of alkyl halides is 3. The van der Waals surface area contributed by atoms with Crippen molar-refractivity contribution in [2.75, 3.05) is 13.6 Å². The number of hydrogen-bond donors (Lipinski definition) is 0. The van der Waals surface area contributed by atoms with E-state index in [1.165, 1.54) is 32.3 Å². The van der Waals surface area contributed by atoms with E-state index in [9.17, 15) is 26.7 Å². The Morgan fingerprint density at radius 1 is 1.13 bits per heavy atom. The highest BCUT2D eigenvalue weighted by atomic mass is 19.4. The van der Waals surface area contributed by atoms with Crippen molar-refractivity contribution >= 4 is 18.0 Å². The summed E-state index contributed by atoms with van der Waals surface area (Å²) in [5, 5.41) is 0. The van der Waals surface area contributed by atoms with Gasteiger partial charge in [-0.25, -0.2) is 18.6 Å². The third-order valence-corrected chi connectivity index (χ3v) is 4.47. The zero-order chi connectivity index (χ0) is 22.6. The van der Waals surface area contributed by atoms with Crippen LogP contribution in [0.25, 0.3) is 0 Å². The van der Waals surface area contributed by atoms with E-state index < -0.39 is 36.0 Å². The number of carbonyl (C=O) groups excluding carboxylic acids is 1. The van der Waals surface area contributed by atoms with E-state index in [1.807, 2.05) is 6.92 Å². The lowest BCUT2D eigenvalue weighted by Gasteiger charge is -2.15. The highest BCUT2D eigenvalue weighted by Gasteiger charge is 2.35. The molecule has 0 bridgehead atoms. The zero-order valence-corrected chi connectivity index (χ0v) is 16.9. The van der Waals surface area contributed by atoms with Gasteiger partial charge in [-0.05, 0) is 44.0 Å². The second-order valence-corrected chi connectivity index (χ2v) is 6.75. The lowest BCUT2D eigenvalue weighted by atomic mass is 10.0. The number of carbonyl (C=O) groups is 1. The van der Waals surface area contributed by atoms with Crippen LogP contribution in [0.3, 0.4) is 0 Å². The molecule has 9 heteroatoms. The van der Waals surface area contributed by atoms with E-state index in [0.717, 1.165) is 6.07 Å². The largest absolute Gasteiger partial charge is 0.457 e. The van der Waals surface area contributed by atoms with Crippen LogP contribution in [0.4, 0.5) is 27.6 Å². The second-order valence-electron chi connectivity index (χ2n) is 6.75. The maximum atomic E-state index is 13.9. The number of benzene rings is 2. The van der Waals surface area contributed by atoms with Crippen LogP contribution in [0.15, 0.2) is 29.3 Å². The van der Waals surface area contributed by atoms with E-state index >= 15 is 0 Å². The molecule has 0 atom stereocenters. The monoisotopic (exact) mass is 428 g/mol. The van der Waals surface area contributed by atoms with Gasteiger partial charge in [0.05, 0.1) is 23.2 Å². The Morgan fingerprint density at radius 3 is 2.40 bits per heavy atom. The maximum absolute atomic E-state index is 13.9. The first-order valence-corrected chi connectivity index (χ1v) is 9.02. The number of nitrogens with zero attached hydrogens (tertiary/aromatic N) is 2. The maximum Gasteiger partial charge on any atom is 0.418 e. The summed E-state index contributed by atoms with van der Waals surface area (Å²) in [6, 6.07) is 4.35. The van der Waals surface area contributed by atoms with Gasteiger partial charge >= 0.3 is 12.1 Å². The van der Waals surface area contributed by atoms with Crippen molar-refractivity contribution in [2.24, 2.45) is 4.99 Å². The van der Waals surface area contributed by atoms with E-state index in [0.29, 0.717) is 12.6 Å². The topological polar surface area (TPSA) is 41.9 Å². The molecule has 0 N–H and O–H groups in total. The highest BCUT2D eigenvalue weighted by Crippen LogP contribution is 2.38. The number of ether oxygens (including phenoxy) is 1. The van der Waals surface area contributed by atoms with E-state index in [2.05, 4.69) is 4.99 Å². The van der Waals surface area contributed by atoms with Crippen LogP contribution in [0.2, 0.25) is 0 Å². The Kier molecular flexibility index (Phi) is 7.17. The van der Waals surface area contributed by atoms with Gasteiger partial charge in [-0.2, -0.15) is 13.2 Å². The first-order valence-electron chi connectivity index (χ1n) is 9.02. The van der Waals surface area contributed by atoms with Crippen LogP contribution in [0.1, 0.15) is 39.5 Å². The van der Waals surface area contributed by atoms with Crippen LogP contribution in [-0.2, 0) is 17.5 Å². The Morgan fingerprint density at radius 2 is 1.80 bits per heavy atom. The second kappa shape index (κ2) is 9.23. The summed E-state index contributed by atoms with van der Waals surface area (Å²) in [4.78, 5) is 17.8. The Labute approximate surface area is 171 Å². The molecule has 0 unspecified atom stereocenters.